The highest BCUT2D eigenvalue weighted by molar-refractivity contribution is 7.86. The molecule has 2 N–H and O–H groups in total. The van der Waals surface area contributed by atoms with Gasteiger partial charge < -0.3 is 9.64 Å². The van der Waals surface area contributed by atoms with Crippen LogP contribution in [0.2, 0.25) is 0 Å². The highest BCUT2D eigenvalue weighted by Gasteiger charge is 2.26. The van der Waals surface area contributed by atoms with Gasteiger partial charge in [-0.25, -0.2) is 9.93 Å². The van der Waals surface area contributed by atoms with E-state index in [1.54, 1.807) is 4.90 Å². The Morgan fingerprint density at radius 1 is 1.24 bits per heavy atom. The molecule has 0 unspecified atom stereocenters. The number of hydrogen-bond acceptors (Lipinski definition) is 5. The van der Waals surface area contributed by atoms with Gasteiger partial charge in [-0.3, -0.25) is 4.90 Å². The molecule has 0 aromatic heterocycles. The van der Waals surface area contributed by atoms with Crippen LogP contribution in [-0.4, -0.2) is 80.5 Å². The molecule has 1 rings (SSSR count). The second-order valence-electron chi connectivity index (χ2n) is 6.18. The summed E-state index contributed by atoms with van der Waals surface area (Å²) in [6, 6.07) is 0. The normalized spacial score (nSPS) is 18.1. The minimum atomic E-state index is -3.63. The largest absolute Gasteiger partial charge is 0.444 e. The van der Waals surface area contributed by atoms with Crippen molar-refractivity contribution in [1.82, 2.24) is 14.1 Å². The van der Waals surface area contributed by atoms with Crippen molar-refractivity contribution in [3.05, 3.63) is 0 Å². The number of nitrogens with two attached hydrogens (primary N) is 1. The van der Waals surface area contributed by atoms with E-state index < -0.39 is 15.8 Å². The summed E-state index contributed by atoms with van der Waals surface area (Å²) < 4.78 is 28.6. The lowest BCUT2D eigenvalue weighted by atomic mass is 10.2. The highest BCUT2D eigenvalue weighted by Crippen LogP contribution is 2.11. The van der Waals surface area contributed by atoms with Crippen molar-refractivity contribution in [2.24, 2.45) is 5.14 Å². The van der Waals surface area contributed by atoms with Crippen molar-refractivity contribution in [2.75, 3.05) is 46.3 Å². The molecule has 0 aliphatic carbocycles. The summed E-state index contributed by atoms with van der Waals surface area (Å²) in [5.74, 6) is 0. The van der Waals surface area contributed by atoms with Gasteiger partial charge >= 0.3 is 6.09 Å². The van der Waals surface area contributed by atoms with Gasteiger partial charge in [0.15, 0.2) is 0 Å². The molecule has 1 aliphatic heterocycles. The molecule has 9 heteroatoms. The van der Waals surface area contributed by atoms with E-state index in [0.717, 1.165) is 4.31 Å². The molecule has 1 heterocycles. The van der Waals surface area contributed by atoms with Crippen LogP contribution in [0.3, 0.4) is 0 Å². The zero-order chi connectivity index (χ0) is 16.3. The maximum absolute atomic E-state index is 11.9. The molecule has 0 saturated carbocycles. The second kappa shape index (κ2) is 6.91. The number of carbonyl (C=O) groups excluding carboxylic acids is 1. The molecule has 1 amide bonds. The molecule has 0 aromatic carbocycles. The molecular formula is C12H26N4O4S. The predicted molar refractivity (Wildman–Crippen MR) is 80.0 cm³/mol. The van der Waals surface area contributed by atoms with E-state index in [1.807, 2.05) is 20.8 Å². The average molecular weight is 322 g/mol. The Balaban J connectivity index is 2.34. The van der Waals surface area contributed by atoms with Crippen LogP contribution in [-0.2, 0) is 14.9 Å². The third-order valence-corrected chi connectivity index (χ3v) is 4.24. The Kier molecular flexibility index (Phi) is 5.97. The summed E-state index contributed by atoms with van der Waals surface area (Å²) in [6.45, 7) is 8.98. The molecular weight excluding hydrogens is 296 g/mol. The molecule has 1 fully saturated rings. The Bertz CT molecular complexity index is 452. The topological polar surface area (TPSA) is 96.2 Å². The zero-order valence-electron chi connectivity index (χ0n) is 13.2. The van der Waals surface area contributed by atoms with Gasteiger partial charge in [0.25, 0.3) is 10.2 Å². The van der Waals surface area contributed by atoms with E-state index >= 15 is 0 Å². The fraction of sp³-hybridized carbons (Fsp3) is 0.917. The van der Waals surface area contributed by atoms with Crippen LogP contribution in [0.1, 0.15) is 20.8 Å². The van der Waals surface area contributed by atoms with Crippen LogP contribution in [0, 0.1) is 0 Å². The number of ether oxygens (including phenoxy) is 1. The minimum Gasteiger partial charge on any atom is -0.444 e. The number of nitrogens with zero attached hydrogens (tertiary/aromatic N) is 3. The first-order chi connectivity index (χ1) is 9.49. The molecule has 0 atom stereocenters. The number of hydrogen-bond donors (Lipinski definition) is 1. The maximum Gasteiger partial charge on any atom is 0.410 e. The van der Waals surface area contributed by atoms with Gasteiger partial charge in [-0.1, -0.05) is 0 Å². The SMILES string of the molecule is CN(CCN1CCN(C(=O)OC(C)(C)C)CC1)S(N)(=O)=O. The summed E-state index contributed by atoms with van der Waals surface area (Å²) >= 11 is 0. The lowest BCUT2D eigenvalue weighted by molar-refractivity contribution is 0.0144. The van der Waals surface area contributed by atoms with Gasteiger partial charge in [-0.05, 0) is 20.8 Å². The number of carbonyl (C=O) groups is 1. The van der Waals surface area contributed by atoms with Crippen LogP contribution >= 0.6 is 0 Å². The van der Waals surface area contributed by atoms with Crippen LogP contribution < -0.4 is 5.14 Å². The quantitative estimate of drug-likeness (QED) is 0.765. The van der Waals surface area contributed by atoms with Gasteiger partial charge in [0, 0.05) is 46.3 Å². The van der Waals surface area contributed by atoms with Crippen molar-refractivity contribution >= 4 is 16.3 Å². The predicted octanol–water partition coefficient (Wildman–Crippen LogP) is -0.326. The van der Waals surface area contributed by atoms with Gasteiger partial charge in [0.1, 0.15) is 5.60 Å². The Morgan fingerprint density at radius 3 is 2.19 bits per heavy atom. The molecule has 1 saturated heterocycles. The van der Waals surface area contributed by atoms with E-state index in [2.05, 4.69) is 4.90 Å². The van der Waals surface area contributed by atoms with Gasteiger partial charge in [0.2, 0.25) is 0 Å². The monoisotopic (exact) mass is 322 g/mol. The Hall–Kier alpha value is -0.900. The van der Waals surface area contributed by atoms with E-state index in [1.165, 1.54) is 7.05 Å². The smallest absolute Gasteiger partial charge is 0.410 e. The van der Waals surface area contributed by atoms with Crippen LogP contribution in [0.15, 0.2) is 0 Å². The maximum atomic E-state index is 11.9. The molecule has 124 valence electrons. The van der Waals surface area contributed by atoms with Crippen molar-refractivity contribution < 1.29 is 17.9 Å². The standard InChI is InChI=1S/C12H26N4O4S/c1-12(2,3)20-11(17)16-9-7-15(8-10-16)6-5-14(4)21(13,18)19/h5-10H2,1-4H3,(H2,13,18,19). The first kappa shape index (κ1) is 18.1. The number of piperazine rings is 1. The summed E-state index contributed by atoms with van der Waals surface area (Å²) in [5, 5.41) is 5.03. The highest BCUT2D eigenvalue weighted by atomic mass is 32.2. The summed E-state index contributed by atoms with van der Waals surface area (Å²) in [6.07, 6.45) is -0.302. The van der Waals surface area contributed by atoms with Crippen molar-refractivity contribution in [3.63, 3.8) is 0 Å². The van der Waals surface area contributed by atoms with E-state index in [9.17, 15) is 13.2 Å². The van der Waals surface area contributed by atoms with E-state index in [0.29, 0.717) is 39.3 Å². The molecule has 0 bridgehead atoms. The molecule has 0 spiro atoms. The van der Waals surface area contributed by atoms with Crippen molar-refractivity contribution in [2.45, 2.75) is 26.4 Å². The molecule has 1 aliphatic rings. The lowest BCUT2D eigenvalue weighted by Gasteiger charge is -2.35. The van der Waals surface area contributed by atoms with Crippen molar-refractivity contribution in [3.8, 4) is 0 Å². The fourth-order valence-corrected chi connectivity index (χ4v) is 2.23. The third-order valence-electron chi connectivity index (χ3n) is 3.19. The first-order valence-corrected chi connectivity index (χ1v) is 8.44. The number of rotatable bonds is 4. The summed E-state index contributed by atoms with van der Waals surface area (Å²) in [5.41, 5.74) is -0.494. The van der Waals surface area contributed by atoms with E-state index in [-0.39, 0.29) is 6.09 Å². The molecule has 21 heavy (non-hydrogen) atoms. The van der Waals surface area contributed by atoms with Gasteiger partial charge in [-0.15, -0.1) is 0 Å². The summed E-state index contributed by atoms with van der Waals surface area (Å²) in [4.78, 5) is 15.7. The number of amides is 1. The van der Waals surface area contributed by atoms with Crippen LogP contribution in [0.5, 0.6) is 0 Å². The lowest BCUT2D eigenvalue weighted by Crippen LogP contribution is -2.51. The van der Waals surface area contributed by atoms with Crippen molar-refractivity contribution in [1.29, 1.82) is 0 Å². The van der Waals surface area contributed by atoms with Gasteiger partial charge in [0.05, 0.1) is 0 Å². The fourth-order valence-electron chi connectivity index (χ4n) is 1.89. The third kappa shape index (κ3) is 6.60. The summed E-state index contributed by atoms with van der Waals surface area (Å²) in [7, 11) is -2.18. The van der Waals surface area contributed by atoms with E-state index in [4.69, 9.17) is 9.88 Å². The zero-order valence-corrected chi connectivity index (χ0v) is 14.0. The Morgan fingerprint density at radius 2 is 1.76 bits per heavy atom. The second-order valence-corrected chi connectivity index (χ2v) is 7.83. The molecule has 0 radical (unpaired) electrons. The minimum absolute atomic E-state index is 0.302. The molecule has 0 aromatic rings. The average Bonchev–Trinajstić information content (AvgIpc) is 2.33. The number of likely N-dealkylation sites (N-methyl/N-ethyl adjacent to an activating group) is 1. The van der Waals surface area contributed by atoms with Crippen LogP contribution in [0.4, 0.5) is 4.79 Å². The van der Waals surface area contributed by atoms with Crippen LogP contribution in [0.25, 0.3) is 0 Å². The first-order valence-electron chi connectivity index (χ1n) is 6.93. The molecule has 8 nitrogen and oxygen atoms in total. The Labute approximate surface area is 127 Å². The van der Waals surface area contributed by atoms with Gasteiger partial charge in [-0.2, -0.15) is 12.7 Å².